The Morgan fingerprint density at radius 1 is 0.515 bits per heavy atom. The van der Waals surface area contributed by atoms with Gasteiger partial charge >= 0.3 is 0 Å². The lowest BCUT2D eigenvalue weighted by molar-refractivity contribution is -0.572. The summed E-state index contributed by atoms with van der Waals surface area (Å²) in [5.74, 6) is 0.846. The Hall–Kier alpha value is -4.17. The second-order valence-corrected chi connectivity index (χ2v) is 8.15. The summed E-state index contributed by atoms with van der Waals surface area (Å²) in [7, 11) is 1.70. The molecular weight excluding hydrogens is 402 g/mol. The van der Waals surface area contributed by atoms with Crippen LogP contribution in [-0.4, -0.2) is 7.11 Å². The molecule has 0 saturated heterocycles. The van der Waals surface area contributed by atoms with Crippen LogP contribution in [0.25, 0.3) is 39.3 Å². The van der Waals surface area contributed by atoms with Gasteiger partial charge in [-0.2, -0.15) is 4.57 Å². The van der Waals surface area contributed by atoms with E-state index in [4.69, 9.17) is 4.74 Å². The minimum absolute atomic E-state index is 0.846. The summed E-state index contributed by atoms with van der Waals surface area (Å²) >= 11 is 0. The van der Waals surface area contributed by atoms with Gasteiger partial charge in [-0.15, -0.1) is 0 Å². The molecule has 0 radical (unpaired) electrons. The molecule has 160 valence electrons. The lowest BCUT2D eigenvalue weighted by atomic mass is 9.98. The first-order valence-corrected chi connectivity index (χ1v) is 11.2. The van der Waals surface area contributed by atoms with Crippen molar-refractivity contribution >= 4 is 0 Å². The highest BCUT2D eigenvalue weighted by Gasteiger charge is 2.24. The molecule has 0 aliphatic heterocycles. The highest BCUT2D eigenvalue weighted by molar-refractivity contribution is 5.74. The van der Waals surface area contributed by atoms with E-state index in [-0.39, 0.29) is 0 Å². The van der Waals surface area contributed by atoms with Crippen molar-refractivity contribution in [3.8, 4) is 45.1 Å². The molecule has 1 aromatic heterocycles. The number of rotatable bonds is 5. The van der Waals surface area contributed by atoms with Gasteiger partial charge in [-0.1, -0.05) is 66.2 Å². The van der Waals surface area contributed by atoms with E-state index in [9.17, 15) is 0 Å². The number of nitrogens with zero attached hydrogens (tertiary/aromatic N) is 1. The molecule has 4 aromatic carbocycles. The Morgan fingerprint density at radius 2 is 1.03 bits per heavy atom. The maximum atomic E-state index is 5.41. The summed E-state index contributed by atoms with van der Waals surface area (Å²) in [6, 6.07) is 42.7. The molecule has 2 heteroatoms. The molecule has 0 saturated carbocycles. The van der Waals surface area contributed by atoms with Crippen molar-refractivity contribution < 1.29 is 9.30 Å². The smallest absolute Gasteiger partial charge is 0.219 e. The number of hydrogen-bond donors (Lipinski definition) is 0. The lowest BCUT2D eigenvalue weighted by Crippen LogP contribution is -2.36. The molecule has 0 aliphatic rings. The number of aryl methyl sites for hydroxylation is 1. The quantitative estimate of drug-likeness (QED) is 0.268. The number of aromatic nitrogens is 1. The molecule has 0 aliphatic carbocycles. The summed E-state index contributed by atoms with van der Waals surface area (Å²) in [5.41, 5.74) is 9.35. The SMILES string of the molecule is COc1ccc(-[n+]2c(-c3ccccc3)cc(-c3ccc(C)cc3)cc2-c2ccccc2)cc1. The predicted octanol–water partition coefficient (Wildman–Crippen LogP) is 7.28. The van der Waals surface area contributed by atoms with Crippen LogP contribution in [0.2, 0.25) is 0 Å². The second-order valence-electron chi connectivity index (χ2n) is 8.15. The Balaban J connectivity index is 1.84. The maximum Gasteiger partial charge on any atom is 0.219 e. The first-order chi connectivity index (χ1) is 16.2. The summed E-state index contributed by atoms with van der Waals surface area (Å²) in [6.07, 6.45) is 0. The molecule has 0 N–H and O–H groups in total. The number of hydrogen-bond acceptors (Lipinski definition) is 1. The number of methoxy groups -OCH3 is 1. The Kier molecular flexibility index (Phi) is 5.73. The van der Waals surface area contributed by atoms with E-state index in [0.29, 0.717) is 0 Å². The monoisotopic (exact) mass is 428 g/mol. The predicted molar refractivity (Wildman–Crippen MR) is 136 cm³/mol. The standard InChI is InChI=1S/C31H26NO/c1-23-13-15-24(16-14-23)27-21-30(25-9-5-3-6-10-25)32(28-17-19-29(33-2)20-18-28)31(22-27)26-11-7-4-8-12-26/h3-22H,1-2H3/q+1. The average molecular weight is 429 g/mol. The van der Waals surface area contributed by atoms with E-state index < -0.39 is 0 Å². The van der Waals surface area contributed by atoms with Crippen LogP contribution in [0.1, 0.15) is 5.56 Å². The summed E-state index contributed by atoms with van der Waals surface area (Å²) in [4.78, 5) is 0. The molecule has 5 rings (SSSR count). The first-order valence-electron chi connectivity index (χ1n) is 11.2. The highest BCUT2D eigenvalue weighted by atomic mass is 16.5. The van der Waals surface area contributed by atoms with Crippen molar-refractivity contribution in [2.24, 2.45) is 0 Å². The fraction of sp³-hybridized carbons (Fsp3) is 0.0645. The molecule has 0 unspecified atom stereocenters. The van der Waals surface area contributed by atoms with E-state index >= 15 is 0 Å². The fourth-order valence-corrected chi connectivity index (χ4v) is 4.16. The van der Waals surface area contributed by atoms with E-state index in [1.807, 2.05) is 12.1 Å². The van der Waals surface area contributed by atoms with Gasteiger partial charge in [0, 0.05) is 35.4 Å². The Morgan fingerprint density at radius 3 is 1.52 bits per heavy atom. The van der Waals surface area contributed by atoms with Crippen LogP contribution in [0, 0.1) is 6.92 Å². The van der Waals surface area contributed by atoms with E-state index in [1.165, 1.54) is 27.8 Å². The zero-order valence-corrected chi connectivity index (χ0v) is 18.9. The topological polar surface area (TPSA) is 13.1 Å². The van der Waals surface area contributed by atoms with Crippen molar-refractivity contribution in [3.05, 3.63) is 127 Å². The zero-order valence-electron chi connectivity index (χ0n) is 18.9. The van der Waals surface area contributed by atoms with Crippen LogP contribution < -0.4 is 9.30 Å². The number of ether oxygens (including phenoxy) is 1. The molecule has 5 aromatic rings. The number of benzene rings is 4. The van der Waals surface area contributed by atoms with Crippen LogP contribution in [0.5, 0.6) is 5.75 Å². The molecule has 1 heterocycles. The average Bonchev–Trinajstić information content (AvgIpc) is 2.89. The molecule has 0 amide bonds. The van der Waals surface area contributed by atoms with Crippen LogP contribution >= 0.6 is 0 Å². The van der Waals surface area contributed by atoms with Gasteiger partial charge < -0.3 is 4.74 Å². The van der Waals surface area contributed by atoms with Crippen LogP contribution in [0.15, 0.2) is 121 Å². The fourth-order valence-electron chi connectivity index (χ4n) is 4.16. The van der Waals surface area contributed by atoms with Crippen molar-refractivity contribution in [1.82, 2.24) is 0 Å². The molecule has 2 nitrogen and oxygen atoms in total. The minimum Gasteiger partial charge on any atom is -0.497 e. The van der Waals surface area contributed by atoms with Crippen LogP contribution in [-0.2, 0) is 0 Å². The van der Waals surface area contributed by atoms with E-state index in [2.05, 4.69) is 121 Å². The van der Waals surface area contributed by atoms with Gasteiger partial charge in [0.05, 0.1) is 7.11 Å². The zero-order chi connectivity index (χ0) is 22.6. The summed E-state index contributed by atoms with van der Waals surface area (Å²) < 4.78 is 7.75. The second kappa shape index (κ2) is 9.13. The molecular formula is C31H26NO+. The summed E-state index contributed by atoms with van der Waals surface area (Å²) in [6.45, 7) is 2.12. The third-order valence-corrected chi connectivity index (χ3v) is 5.92. The van der Waals surface area contributed by atoms with Gasteiger partial charge in [-0.25, -0.2) is 0 Å². The first kappa shape index (κ1) is 20.7. The Labute approximate surface area is 195 Å². The van der Waals surface area contributed by atoms with Gasteiger partial charge in [-0.3, -0.25) is 0 Å². The lowest BCUT2D eigenvalue weighted by Gasteiger charge is -2.13. The van der Waals surface area contributed by atoms with Gasteiger partial charge in [0.15, 0.2) is 0 Å². The maximum absolute atomic E-state index is 5.41. The highest BCUT2D eigenvalue weighted by Crippen LogP contribution is 2.31. The van der Waals surface area contributed by atoms with Crippen LogP contribution in [0.4, 0.5) is 0 Å². The molecule has 33 heavy (non-hydrogen) atoms. The van der Waals surface area contributed by atoms with Gasteiger partial charge in [-0.05, 0) is 54.4 Å². The number of pyridine rings is 1. The van der Waals surface area contributed by atoms with Crippen molar-refractivity contribution in [1.29, 1.82) is 0 Å². The van der Waals surface area contributed by atoms with Gasteiger partial charge in [0.25, 0.3) is 0 Å². The third kappa shape index (κ3) is 4.28. The molecule has 0 fully saturated rings. The molecule has 0 bridgehead atoms. The van der Waals surface area contributed by atoms with Crippen molar-refractivity contribution in [2.45, 2.75) is 6.92 Å². The Bertz CT molecular complexity index is 1300. The largest absolute Gasteiger partial charge is 0.497 e. The van der Waals surface area contributed by atoms with E-state index in [0.717, 1.165) is 22.8 Å². The van der Waals surface area contributed by atoms with Crippen LogP contribution in [0.3, 0.4) is 0 Å². The van der Waals surface area contributed by atoms with Crippen molar-refractivity contribution in [2.75, 3.05) is 7.11 Å². The van der Waals surface area contributed by atoms with E-state index in [1.54, 1.807) is 7.11 Å². The van der Waals surface area contributed by atoms with Crippen molar-refractivity contribution in [3.63, 3.8) is 0 Å². The summed E-state index contributed by atoms with van der Waals surface area (Å²) in [5, 5.41) is 0. The molecule has 0 spiro atoms. The van der Waals surface area contributed by atoms with Gasteiger partial charge in [0.2, 0.25) is 17.1 Å². The minimum atomic E-state index is 0.846. The normalized spacial score (nSPS) is 10.7. The third-order valence-electron chi connectivity index (χ3n) is 5.92. The van der Waals surface area contributed by atoms with Gasteiger partial charge in [0.1, 0.15) is 5.75 Å². The molecule has 0 atom stereocenters.